The summed E-state index contributed by atoms with van der Waals surface area (Å²) in [7, 11) is 1.41. The van der Waals surface area contributed by atoms with Gasteiger partial charge in [-0.25, -0.2) is 4.57 Å². The van der Waals surface area contributed by atoms with Gasteiger partial charge in [-0.2, -0.15) is 0 Å². The number of carbonyl (C=O) groups excluding carboxylic acids is 1. The third kappa shape index (κ3) is 36.3. The number of nitrogens with one attached hydrogen (secondary N) is 1. The summed E-state index contributed by atoms with van der Waals surface area (Å²) in [6, 6.07) is -1.05. The second-order valence-electron chi connectivity index (χ2n) is 16.2. The monoisotopic (exact) mass is 786 g/mol. The molecule has 0 spiro atoms. The number of rotatable bonds is 39. The quantitative estimate of drug-likeness (QED) is 0.0212. The lowest BCUT2D eigenvalue weighted by Crippen LogP contribution is -2.51. The number of carbonyl (C=O) groups is 1. The first-order valence-electron chi connectivity index (χ1n) is 21.9. The van der Waals surface area contributed by atoms with E-state index < -0.39 is 32.7 Å². The number of aliphatic hydroxyl groups excluding tert-OH is 2. The maximum absolute atomic E-state index is 12.9. The van der Waals surface area contributed by atoms with Crippen LogP contribution in [0.1, 0.15) is 181 Å². The van der Waals surface area contributed by atoms with Gasteiger partial charge in [0.15, 0.2) is 0 Å². The van der Waals surface area contributed by atoms with Crippen LogP contribution in [-0.2, 0) is 18.4 Å². The Hall–Kier alpha value is -1.32. The molecule has 4 N–H and O–H groups in total. The summed E-state index contributed by atoms with van der Waals surface area (Å²) in [4.78, 5) is 23.1. The smallest absolute Gasteiger partial charge is 0.390 e. The number of quaternary nitrogens is 1. The van der Waals surface area contributed by atoms with E-state index in [1.54, 1.807) is 0 Å². The van der Waals surface area contributed by atoms with Crippen LogP contribution in [0.5, 0.6) is 0 Å². The van der Waals surface area contributed by atoms with Crippen LogP contribution in [-0.4, -0.2) is 84.6 Å². The second kappa shape index (κ2) is 36.0. The van der Waals surface area contributed by atoms with E-state index in [0.29, 0.717) is 30.3 Å². The molecular weight excluding hydrogens is 699 g/mol. The third-order valence-corrected chi connectivity index (χ3v) is 10.7. The van der Waals surface area contributed by atoms with E-state index in [1.165, 1.54) is 96.3 Å². The molecule has 0 aromatic rings. The Kier molecular flexibility index (Phi) is 35.2. The van der Waals surface area contributed by atoms with Gasteiger partial charge in [-0.05, 0) is 70.6 Å². The number of aliphatic hydroxyl groups is 2. The van der Waals surface area contributed by atoms with E-state index in [-0.39, 0.29) is 18.9 Å². The van der Waals surface area contributed by atoms with Crippen LogP contribution in [0.2, 0.25) is 0 Å². The van der Waals surface area contributed by atoms with Crippen molar-refractivity contribution in [2.24, 2.45) is 0 Å². The first-order valence-corrected chi connectivity index (χ1v) is 23.4. The SMILES string of the molecule is CCCCCC/C=C\C/C=C\CCCCCCCCCC(=O)NC(COP(=O)(O)OCC[N+](C)(C)C)C(O)C(O)CCC/C=C/CCCCCCCCC. The largest absolute Gasteiger partial charge is 0.472 e. The zero-order valence-electron chi connectivity index (χ0n) is 35.6. The van der Waals surface area contributed by atoms with Gasteiger partial charge in [0.05, 0.1) is 39.9 Å². The molecule has 0 aromatic carbocycles. The Bertz CT molecular complexity index is 998. The normalized spacial score (nSPS) is 15.3. The van der Waals surface area contributed by atoms with Crippen LogP contribution < -0.4 is 5.32 Å². The van der Waals surface area contributed by atoms with Gasteiger partial charge in [0.1, 0.15) is 19.3 Å². The number of amides is 1. The molecule has 0 saturated heterocycles. The highest BCUT2D eigenvalue weighted by molar-refractivity contribution is 7.47. The van der Waals surface area contributed by atoms with Crippen molar-refractivity contribution >= 4 is 13.7 Å². The summed E-state index contributed by atoms with van der Waals surface area (Å²) in [5.74, 6) is -0.278. The van der Waals surface area contributed by atoms with Crippen LogP contribution in [0.4, 0.5) is 0 Å². The minimum atomic E-state index is -4.42. The molecule has 4 unspecified atom stereocenters. The van der Waals surface area contributed by atoms with Crippen LogP contribution in [0.3, 0.4) is 0 Å². The first kappa shape index (κ1) is 52.7. The molecule has 0 bridgehead atoms. The lowest BCUT2D eigenvalue weighted by molar-refractivity contribution is -0.870. The van der Waals surface area contributed by atoms with Gasteiger partial charge >= 0.3 is 7.82 Å². The predicted octanol–water partition coefficient (Wildman–Crippen LogP) is 10.9. The van der Waals surface area contributed by atoms with E-state index in [0.717, 1.165) is 44.9 Å². The lowest BCUT2D eigenvalue weighted by atomic mass is 10.0. The summed E-state index contributed by atoms with van der Waals surface area (Å²) >= 11 is 0. The van der Waals surface area contributed by atoms with Gasteiger partial charge in [-0.3, -0.25) is 13.8 Å². The van der Waals surface area contributed by atoms with Crippen LogP contribution in [0, 0.1) is 0 Å². The van der Waals surface area contributed by atoms with Crippen molar-refractivity contribution in [2.75, 3.05) is 40.9 Å². The Labute approximate surface area is 332 Å². The number of phosphoric acid groups is 1. The Morgan fingerprint density at radius 2 is 1.09 bits per heavy atom. The fourth-order valence-corrected chi connectivity index (χ4v) is 6.85. The number of hydrogen-bond acceptors (Lipinski definition) is 6. The number of hydrogen-bond donors (Lipinski definition) is 4. The predicted molar refractivity (Wildman–Crippen MR) is 227 cm³/mol. The van der Waals surface area contributed by atoms with Gasteiger partial charge in [-0.1, -0.05) is 140 Å². The van der Waals surface area contributed by atoms with Crippen molar-refractivity contribution in [2.45, 2.75) is 199 Å². The van der Waals surface area contributed by atoms with Crippen LogP contribution >= 0.6 is 7.82 Å². The number of allylic oxidation sites excluding steroid dienone is 6. The van der Waals surface area contributed by atoms with E-state index in [1.807, 2.05) is 21.1 Å². The summed E-state index contributed by atoms with van der Waals surface area (Å²) in [6.45, 7) is 4.54. The topological polar surface area (TPSA) is 125 Å². The number of nitrogens with zero attached hydrogens (tertiary/aromatic N) is 1. The average Bonchev–Trinajstić information content (AvgIpc) is 3.12. The molecule has 0 rings (SSSR count). The summed E-state index contributed by atoms with van der Waals surface area (Å²) < 4.78 is 23.5. The molecule has 0 saturated carbocycles. The highest BCUT2D eigenvalue weighted by Crippen LogP contribution is 2.43. The summed E-state index contributed by atoms with van der Waals surface area (Å²) in [5.41, 5.74) is 0. The fraction of sp³-hybridized carbons (Fsp3) is 0.841. The van der Waals surface area contributed by atoms with Gasteiger partial charge in [0, 0.05) is 6.42 Å². The van der Waals surface area contributed by atoms with Crippen molar-refractivity contribution in [3.63, 3.8) is 0 Å². The van der Waals surface area contributed by atoms with Crippen molar-refractivity contribution in [1.29, 1.82) is 0 Å². The molecular formula is C44H86N2O7P+. The van der Waals surface area contributed by atoms with E-state index >= 15 is 0 Å². The Morgan fingerprint density at radius 3 is 1.61 bits per heavy atom. The molecule has 54 heavy (non-hydrogen) atoms. The maximum atomic E-state index is 12.9. The Balaban J connectivity index is 4.55. The molecule has 1 amide bonds. The van der Waals surface area contributed by atoms with E-state index in [2.05, 4.69) is 55.6 Å². The van der Waals surface area contributed by atoms with Crippen LogP contribution in [0.15, 0.2) is 36.5 Å². The maximum Gasteiger partial charge on any atom is 0.472 e. The highest BCUT2D eigenvalue weighted by Gasteiger charge is 2.31. The van der Waals surface area contributed by atoms with Crippen molar-refractivity contribution in [3.05, 3.63) is 36.5 Å². The van der Waals surface area contributed by atoms with Crippen molar-refractivity contribution in [1.82, 2.24) is 5.32 Å². The standard InChI is InChI=1S/C44H85N2O7P/c1-6-8-10-12-14-16-18-20-21-22-23-24-25-27-29-31-33-35-37-43(48)45-41(40-53-54(50,51)52-39-38-46(3,4)5)44(49)42(47)36-34-32-30-28-26-19-17-15-13-11-9-7-2/h16,18,21-22,28,30,41-42,44,47,49H,6-15,17,19-20,23-27,29,31-40H2,1-5H3,(H-,45,48,50,51)/p+1/b18-16-,22-21-,30-28+. The number of phosphoric ester groups is 1. The summed E-state index contributed by atoms with van der Waals surface area (Å²) in [5, 5.41) is 24.6. The average molecular weight is 786 g/mol. The van der Waals surface area contributed by atoms with Gasteiger partial charge < -0.3 is 24.9 Å². The Morgan fingerprint density at radius 1 is 0.648 bits per heavy atom. The molecule has 0 heterocycles. The molecule has 0 aliphatic rings. The molecule has 0 aromatic heterocycles. The third-order valence-electron chi connectivity index (χ3n) is 9.70. The molecule has 9 nitrogen and oxygen atoms in total. The van der Waals surface area contributed by atoms with Gasteiger partial charge in [-0.15, -0.1) is 0 Å². The molecule has 0 fully saturated rings. The second-order valence-corrected chi connectivity index (χ2v) is 17.7. The highest BCUT2D eigenvalue weighted by atomic mass is 31.2. The first-order chi connectivity index (χ1) is 25.9. The zero-order chi connectivity index (χ0) is 40.2. The van der Waals surface area contributed by atoms with Gasteiger partial charge in [0.2, 0.25) is 5.91 Å². The van der Waals surface area contributed by atoms with E-state index in [4.69, 9.17) is 9.05 Å². The lowest BCUT2D eigenvalue weighted by Gasteiger charge is -2.28. The number of likely N-dealkylation sites (N-methyl/N-ethyl adjacent to an activating group) is 1. The minimum Gasteiger partial charge on any atom is -0.390 e. The van der Waals surface area contributed by atoms with E-state index in [9.17, 15) is 24.5 Å². The zero-order valence-corrected chi connectivity index (χ0v) is 36.5. The molecule has 0 aliphatic heterocycles. The van der Waals surface area contributed by atoms with Gasteiger partial charge in [0.25, 0.3) is 0 Å². The molecule has 10 heteroatoms. The van der Waals surface area contributed by atoms with Crippen LogP contribution in [0.25, 0.3) is 0 Å². The fourth-order valence-electron chi connectivity index (χ4n) is 6.11. The molecule has 4 atom stereocenters. The number of unbranched alkanes of at least 4 members (excludes halogenated alkanes) is 19. The molecule has 0 radical (unpaired) electrons. The van der Waals surface area contributed by atoms with Crippen molar-refractivity contribution in [3.8, 4) is 0 Å². The van der Waals surface area contributed by atoms with Crippen molar-refractivity contribution < 1.29 is 38.0 Å². The summed E-state index contributed by atoms with van der Waals surface area (Å²) in [6.07, 6.45) is 39.2. The molecule has 318 valence electrons. The minimum absolute atomic E-state index is 0.0141. The molecule has 0 aliphatic carbocycles.